The van der Waals surface area contributed by atoms with E-state index >= 15 is 0 Å². The van der Waals surface area contributed by atoms with Gasteiger partial charge in [0.15, 0.2) is 0 Å². The molecule has 0 bridgehead atoms. The van der Waals surface area contributed by atoms with E-state index in [-0.39, 0.29) is 11.6 Å². The van der Waals surface area contributed by atoms with E-state index in [2.05, 4.69) is 5.32 Å². The number of benzene rings is 1. The molecule has 80 valence electrons. The molecule has 0 radical (unpaired) electrons. The maximum Gasteiger partial charge on any atom is 0.209 e. The van der Waals surface area contributed by atoms with Crippen molar-refractivity contribution in [1.82, 2.24) is 5.32 Å². The minimum atomic E-state index is -0.348. The third kappa shape index (κ3) is 2.25. The van der Waals surface area contributed by atoms with Crippen molar-refractivity contribution in [1.29, 1.82) is 0 Å². The summed E-state index contributed by atoms with van der Waals surface area (Å²) in [5.74, 6) is -0.504. The molecule has 1 N–H and O–H groups in total. The summed E-state index contributed by atoms with van der Waals surface area (Å²) in [6.07, 6.45) is 8.75. The monoisotopic (exact) mass is 215 g/mol. The molecule has 1 heterocycles. The van der Waals surface area contributed by atoms with Crippen molar-refractivity contribution in [3.8, 4) is 0 Å². The van der Waals surface area contributed by atoms with Crippen LogP contribution in [-0.4, -0.2) is 5.78 Å². The lowest BCUT2D eigenvalue weighted by atomic mass is 10.1. The quantitative estimate of drug-likeness (QED) is 0.768. The van der Waals surface area contributed by atoms with Crippen molar-refractivity contribution in [3.63, 3.8) is 0 Å². The second-order valence-electron chi connectivity index (χ2n) is 3.30. The number of nitrogens with one attached hydrogen (secondary N) is 1. The Morgan fingerprint density at radius 2 is 1.81 bits per heavy atom. The highest BCUT2D eigenvalue weighted by Gasteiger charge is 2.10. The molecule has 2 rings (SSSR count). The predicted molar refractivity (Wildman–Crippen MR) is 60.2 cm³/mol. The summed E-state index contributed by atoms with van der Waals surface area (Å²) in [7, 11) is 0. The van der Waals surface area contributed by atoms with Crippen molar-refractivity contribution >= 4 is 5.78 Å². The summed E-state index contributed by atoms with van der Waals surface area (Å²) in [6.45, 7) is 0. The van der Waals surface area contributed by atoms with Crippen LogP contribution >= 0.6 is 0 Å². The fraction of sp³-hybridized carbons (Fsp3) is 0. The Morgan fingerprint density at radius 1 is 1.06 bits per heavy atom. The second-order valence-corrected chi connectivity index (χ2v) is 3.30. The molecular formula is C13H10FNO. The van der Waals surface area contributed by atoms with Crippen LogP contribution in [0.3, 0.4) is 0 Å². The van der Waals surface area contributed by atoms with Gasteiger partial charge >= 0.3 is 0 Å². The lowest BCUT2D eigenvalue weighted by Gasteiger charge is -2.04. The average molecular weight is 215 g/mol. The minimum Gasteiger partial charge on any atom is -0.359 e. The van der Waals surface area contributed by atoms with E-state index in [1.54, 1.807) is 24.4 Å². The van der Waals surface area contributed by atoms with Gasteiger partial charge in [-0.15, -0.1) is 0 Å². The van der Waals surface area contributed by atoms with Gasteiger partial charge in [0.2, 0.25) is 5.78 Å². The highest BCUT2D eigenvalue weighted by Crippen LogP contribution is 2.09. The van der Waals surface area contributed by atoms with E-state index in [9.17, 15) is 9.18 Å². The molecule has 1 aliphatic rings. The number of Topliss-reactive ketones (excluding diaryl/α,β-unsaturated/α-hetero) is 1. The van der Waals surface area contributed by atoms with Crippen LogP contribution in [0.25, 0.3) is 0 Å². The maximum absolute atomic E-state index is 12.7. The molecule has 0 saturated carbocycles. The van der Waals surface area contributed by atoms with Crippen LogP contribution < -0.4 is 5.32 Å². The van der Waals surface area contributed by atoms with Crippen molar-refractivity contribution < 1.29 is 9.18 Å². The molecule has 0 aromatic heterocycles. The number of carbonyl (C=O) groups is 1. The topological polar surface area (TPSA) is 29.1 Å². The van der Waals surface area contributed by atoms with Crippen LogP contribution in [0.5, 0.6) is 0 Å². The standard InChI is InChI=1S/C13H10FNO/c14-11-7-5-10(6-8-11)13(16)12-4-2-1-3-9-15-12/h1-9,15H. The summed E-state index contributed by atoms with van der Waals surface area (Å²) < 4.78 is 12.7. The van der Waals surface area contributed by atoms with Crippen LogP contribution in [0.2, 0.25) is 0 Å². The third-order valence-corrected chi connectivity index (χ3v) is 2.17. The molecule has 0 aliphatic carbocycles. The lowest BCUT2D eigenvalue weighted by molar-refractivity contribution is 0.102. The molecule has 0 unspecified atom stereocenters. The van der Waals surface area contributed by atoms with Crippen molar-refractivity contribution in [3.05, 3.63) is 71.8 Å². The van der Waals surface area contributed by atoms with Gasteiger partial charge in [0.1, 0.15) is 5.82 Å². The van der Waals surface area contributed by atoms with E-state index in [1.165, 1.54) is 24.3 Å². The van der Waals surface area contributed by atoms with E-state index < -0.39 is 0 Å². The van der Waals surface area contributed by atoms with E-state index in [4.69, 9.17) is 0 Å². The zero-order valence-corrected chi connectivity index (χ0v) is 8.48. The maximum atomic E-state index is 12.7. The summed E-state index contributed by atoms with van der Waals surface area (Å²) >= 11 is 0. The number of hydrogen-bond acceptors (Lipinski definition) is 2. The third-order valence-electron chi connectivity index (χ3n) is 2.17. The van der Waals surface area contributed by atoms with Gasteiger partial charge in [-0.2, -0.15) is 0 Å². The number of carbonyl (C=O) groups excluding carboxylic acids is 1. The Labute approximate surface area is 92.8 Å². The molecule has 1 aromatic carbocycles. The van der Waals surface area contributed by atoms with Gasteiger partial charge in [0.05, 0.1) is 5.70 Å². The smallest absolute Gasteiger partial charge is 0.209 e. The van der Waals surface area contributed by atoms with E-state index in [1.807, 2.05) is 6.08 Å². The molecular weight excluding hydrogens is 205 g/mol. The van der Waals surface area contributed by atoms with Crippen LogP contribution in [0.15, 0.2) is 60.5 Å². The van der Waals surface area contributed by atoms with Crippen molar-refractivity contribution in [2.75, 3.05) is 0 Å². The SMILES string of the molecule is O=C(C1=CC=CC=CN1)c1ccc(F)cc1. The first-order valence-electron chi connectivity index (χ1n) is 4.88. The molecule has 0 spiro atoms. The second kappa shape index (κ2) is 4.57. The van der Waals surface area contributed by atoms with Crippen LogP contribution in [0.4, 0.5) is 4.39 Å². The first kappa shape index (κ1) is 10.4. The molecule has 0 fully saturated rings. The Kier molecular flexibility index (Phi) is 2.96. The minimum absolute atomic E-state index is 0.156. The van der Waals surface area contributed by atoms with Gasteiger partial charge in [0, 0.05) is 11.8 Å². The average Bonchev–Trinajstić information content (AvgIpc) is 2.57. The Balaban J connectivity index is 2.25. The van der Waals surface area contributed by atoms with Gasteiger partial charge in [-0.05, 0) is 36.4 Å². The fourth-order valence-corrected chi connectivity index (χ4v) is 1.36. The first-order chi connectivity index (χ1) is 7.77. The molecule has 16 heavy (non-hydrogen) atoms. The molecule has 1 aliphatic heterocycles. The van der Waals surface area contributed by atoms with Crippen molar-refractivity contribution in [2.45, 2.75) is 0 Å². The zero-order chi connectivity index (χ0) is 11.4. The van der Waals surface area contributed by atoms with Gasteiger partial charge in [-0.1, -0.05) is 12.2 Å². The van der Waals surface area contributed by atoms with Crippen LogP contribution in [0, 0.1) is 5.82 Å². The highest BCUT2D eigenvalue weighted by molar-refractivity contribution is 6.08. The van der Waals surface area contributed by atoms with Crippen LogP contribution in [0.1, 0.15) is 10.4 Å². The summed E-state index contributed by atoms with van der Waals surface area (Å²) in [5.41, 5.74) is 0.931. The number of ketones is 1. The Bertz CT molecular complexity index is 483. The molecule has 0 saturated heterocycles. The van der Waals surface area contributed by atoms with Crippen molar-refractivity contribution in [2.24, 2.45) is 0 Å². The highest BCUT2D eigenvalue weighted by atomic mass is 19.1. The molecule has 0 amide bonds. The number of hydrogen-bond donors (Lipinski definition) is 1. The van der Waals surface area contributed by atoms with Gasteiger partial charge in [-0.3, -0.25) is 4.79 Å². The molecule has 2 nitrogen and oxygen atoms in total. The molecule has 3 heteroatoms. The summed E-state index contributed by atoms with van der Waals surface area (Å²) in [6, 6.07) is 5.49. The van der Waals surface area contributed by atoms with E-state index in [0.29, 0.717) is 11.3 Å². The van der Waals surface area contributed by atoms with Gasteiger partial charge < -0.3 is 5.32 Å². The predicted octanol–water partition coefficient (Wildman–Crippen LogP) is 2.57. The zero-order valence-electron chi connectivity index (χ0n) is 8.48. The Morgan fingerprint density at radius 3 is 2.56 bits per heavy atom. The number of halogens is 1. The summed E-state index contributed by atoms with van der Waals surface area (Å²) in [4.78, 5) is 11.9. The van der Waals surface area contributed by atoms with Gasteiger partial charge in [0.25, 0.3) is 0 Å². The lowest BCUT2D eigenvalue weighted by Crippen LogP contribution is -2.15. The van der Waals surface area contributed by atoms with Crippen LogP contribution in [-0.2, 0) is 0 Å². The largest absolute Gasteiger partial charge is 0.359 e. The Hall–Kier alpha value is -2.16. The normalized spacial score (nSPS) is 13.9. The summed E-state index contributed by atoms with van der Waals surface area (Å²) in [5, 5.41) is 2.87. The van der Waals surface area contributed by atoms with E-state index in [0.717, 1.165) is 0 Å². The number of rotatable bonds is 2. The molecule has 0 atom stereocenters. The van der Waals surface area contributed by atoms with Gasteiger partial charge in [-0.25, -0.2) is 4.39 Å². The molecule has 1 aromatic rings. The fourth-order valence-electron chi connectivity index (χ4n) is 1.36. The first-order valence-corrected chi connectivity index (χ1v) is 4.88. The number of allylic oxidation sites excluding steroid dienone is 5.